The third-order valence-corrected chi connectivity index (χ3v) is 4.07. The van der Waals surface area contributed by atoms with Crippen molar-refractivity contribution >= 4 is 23.6 Å². The fourth-order valence-electron chi connectivity index (χ4n) is 2.23. The molecule has 1 aliphatic rings. The van der Waals surface area contributed by atoms with Gasteiger partial charge in [0.1, 0.15) is 5.82 Å². The first-order valence-corrected chi connectivity index (χ1v) is 7.65. The molecule has 1 amide bonds. The van der Waals surface area contributed by atoms with Crippen molar-refractivity contribution < 1.29 is 14.7 Å². The van der Waals surface area contributed by atoms with Crippen LogP contribution in [0.25, 0.3) is 0 Å². The molecule has 2 heterocycles. The number of carboxylic acids is 1. The number of piperidine rings is 1. The van der Waals surface area contributed by atoms with Crippen molar-refractivity contribution in [2.45, 2.75) is 43.8 Å². The molecule has 2 rings (SSSR count). The SMILES string of the molecule is CCCc1nnc(SCC(=O)O)n1C1CCC(=O)NC1. The molecular weight excluding hydrogens is 280 g/mol. The topological polar surface area (TPSA) is 97.1 Å². The predicted octanol–water partition coefficient (Wildman–Crippen LogP) is 0.858. The number of aliphatic carboxylic acids is 1. The number of carbonyl (C=O) groups excluding carboxylic acids is 1. The number of hydrogen-bond donors (Lipinski definition) is 2. The maximum absolute atomic E-state index is 11.3. The van der Waals surface area contributed by atoms with Crippen molar-refractivity contribution in [3.8, 4) is 0 Å². The van der Waals surface area contributed by atoms with Crippen LogP contribution in [0.3, 0.4) is 0 Å². The Labute approximate surface area is 121 Å². The quantitative estimate of drug-likeness (QED) is 0.756. The lowest BCUT2D eigenvalue weighted by Crippen LogP contribution is -2.36. The molecule has 1 atom stereocenters. The number of carboxylic acid groups (broad SMARTS) is 1. The third-order valence-electron chi connectivity index (χ3n) is 3.14. The molecule has 20 heavy (non-hydrogen) atoms. The van der Waals surface area contributed by atoms with Gasteiger partial charge in [0, 0.05) is 19.4 Å². The summed E-state index contributed by atoms with van der Waals surface area (Å²) in [7, 11) is 0. The van der Waals surface area contributed by atoms with E-state index in [0.29, 0.717) is 18.1 Å². The van der Waals surface area contributed by atoms with Crippen molar-refractivity contribution in [2.75, 3.05) is 12.3 Å². The highest BCUT2D eigenvalue weighted by atomic mass is 32.2. The standard InChI is InChI=1S/C12H18N4O3S/c1-2-3-9-14-15-12(20-7-11(18)19)16(9)8-4-5-10(17)13-6-8/h8H,2-7H2,1H3,(H,13,17)(H,18,19). The Hall–Kier alpha value is -1.57. The van der Waals surface area contributed by atoms with Gasteiger partial charge in [-0.3, -0.25) is 9.59 Å². The second-order valence-electron chi connectivity index (χ2n) is 4.70. The third kappa shape index (κ3) is 3.50. The Morgan fingerprint density at radius 1 is 1.55 bits per heavy atom. The molecule has 0 spiro atoms. The normalized spacial score (nSPS) is 18.9. The molecule has 1 aromatic heterocycles. The molecule has 0 aliphatic carbocycles. The van der Waals surface area contributed by atoms with Crippen LogP contribution in [0.5, 0.6) is 0 Å². The molecule has 0 saturated carbocycles. The summed E-state index contributed by atoms with van der Waals surface area (Å²) < 4.78 is 2.00. The van der Waals surface area contributed by atoms with Crippen molar-refractivity contribution in [3.05, 3.63) is 5.82 Å². The summed E-state index contributed by atoms with van der Waals surface area (Å²) in [6, 6.07) is 0.112. The fraction of sp³-hybridized carbons (Fsp3) is 0.667. The zero-order valence-corrected chi connectivity index (χ0v) is 12.2. The lowest BCUT2D eigenvalue weighted by molar-refractivity contribution is -0.134. The molecule has 8 heteroatoms. The molecule has 1 unspecified atom stereocenters. The van der Waals surface area contributed by atoms with Gasteiger partial charge in [-0.2, -0.15) is 0 Å². The Kier molecular flexibility index (Phi) is 4.99. The molecule has 1 aliphatic heterocycles. The summed E-state index contributed by atoms with van der Waals surface area (Å²) in [5, 5.41) is 20.5. The van der Waals surface area contributed by atoms with Crippen LogP contribution in [0.2, 0.25) is 0 Å². The van der Waals surface area contributed by atoms with Gasteiger partial charge in [-0.1, -0.05) is 18.7 Å². The fourth-order valence-corrected chi connectivity index (χ4v) is 2.98. The Bertz CT molecular complexity index is 493. The number of nitrogens with zero attached hydrogens (tertiary/aromatic N) is 3. The number of hydrogen-bond acceptors (Lipinski definition) is 5. The monoisotopic (exact) mass is 298 g/mol. The van der Waals surface area contributed by atoms with Gasteiger partial charge in [0.05, 0.1) is 11.8 Å². The van der Waals surface area contributed by atoms with E-state index >= 15 is 0 Å². The highest BCUT2D eigenvalue weighted by molar-refractivity contribution is 7.99. The number of thioether (sulfide) groups is 1. The van der Waals surface area contributed by atoms with E-state index in [9.17, 15) is 9.59 Å². The second kappa shape index (κ2) is 6.74. The molecular formula is C12H18N4O3S. The molecule has 0 aromatic carbocycles. The number of carbonyl (C=O) groups is 2. The molecule has 1 fully saturated rings. The molecule has 0 bridgehead atoms. The van der Waals surface area contributed by atoms with Crippen molar-refractivity contribution in [1.82, 2.24) is 20.1 Å². The Morgan fingerprint density at radius 3 is 2.95 bits per heavy atom. The second-order valence-corrected chi connectivity index (χ2v) is 5.64. The summed E-state index contributed by atoms with van der Waals surface area (Å²) >= 11 is 1.17. The van der Waals surface area contributed by atoms with E-state index < -0.39 is 5.97 Å². The summed E-state index contributed by atoms with van der Waals surface area (Å²) in [5.74, 6) is 0.00903. The highest BCUT2D eigenvalue weighted by Crippen LogP contribution is 2.26. The number of amides is 1. The van der Waals surface area contributed by atoms with E-state index in [0.717, 1.165) is 25.1 Å². The van der Waals surface area contributed by atoms with Crippen LogP contribution in [-0.4, -0.2) is 44.0 Å². The minimum atomic E-state index is -0.876. The zero-order chi connectivity index (χ0) is 14.5. The van der Waals surface area contributed by atoms with Crippen LogP contribution in [0, 0.1) is 0 Å². The van der Waals surface area contributed by atoms with Gasteiger partial charge in [0.25, 0.3) is 0 Å². The predicted molar refractivity (Wildman–Crippen MR) is 73.7 cm³/mol. The van der Waals surface area contributed by atoms with E-state index in [2.05, 4.69) is 22.4 Å². The average molecular weight is 298 g/mol. The zero-order valence-electron chi connectivity index (χ0n) is 11.3. The lowest BCUT2D eigenvalue weighted by atomic mass is 10.1. The number of aromatic nitrogens is 3. The van der Waals surface area contributed by atoms with Gasteiger partial charge in [-0.05, 0) is 12.8 Å². The highest BCUT2D eigenvalue weighted by Gasteiger charge is 2.25. The van der Waals surface area contributed by atoms with Crippen LogP contribution in [0.15, 0.2) is 5.16 Å². The van der Waals surface area contributed by atoms with Crippen molar-refractivity contribution in [2.24, 2.45) is 0 Å². The number of nitrogens with one attached hydrogen (secondary N) is 1. The smallest absolute Gasteiger partial charge is 0.313 e. The van der Waals surface area contributed by atoms with Crippen molar-refractivity contribution in [3.63, 3.8) is 0 Å². The van der Waals surface area contributed by atoms with E-state index in [-0.39, 0.29) is 17.7 Å². The minimum Gasteiger partial charge on any atom is -0.481 e. The average Bonchev–Trinajstić information content (AvgIpc) is 2.81. The van der Waals surface area contributed by atoms with E-state index in [4.69, 9.17) is 5.11 Å². The lowest BCUT2D eigenvalue weighted by Gasteiger charge is -2.25. The molecule has 0 radical (unpaired) electrons. The van der Waals surface area contributed by atoms with Crippen LogP contribution in [0.1, 0.15) is 38.1 Å². The van der Waals surface area contributed by atoms with Gasteiger partial charge in [0.15, 0.2) is 5.16 Å². The van der Waals surface area contributed by atoms with Gasteiger partial charge in [-0.15, -0.1) is 10.2 Å². The first-order chi connectivity index (χ1) is 9.61. The minimum absolute atomic E-state index is 0.0384. The van der Waals surface area contributed by atoms with Crippen LogP contribution >= 0.6 is 11.8 Å². The summed E-state index contributed by atoms with van der Waals surface area (Å²) in [5.41, 5.74) is 0. The molecule has 1 saturated heterocycles. The van der Waals surface area contributed by atoms with E-state index in [1.54, 1.807) is 0 Å². The maximum Gasteiger partial charge on any atom is 0.313 e. The molecule has 110 valence electrons. The number of rotatable bonds is 6. The maximum atomic E-state index is 11.3. The largest absolute Gasteiger partial charge is 0.481 e. The van der Waals surface area contributed by atoms with Gasteiger partial charge in [0.2, 0.25) is 5.91 Å². The number of aryl methyl sites for hydroxylation is 1. The Balaban J connectivity index is 2.19. The van der Waals surface area contributed by atoms with Crippen LogP contribution in [-0.2, 0) is 16.0 Å². The van der Waals surface area contributed by atoms with E-state index in [1.165, 1.54) is 11.8 Å². The Morgan fingerprint density at radius 2 is 2.35 bits per heavy atom. The molecule has 1 aromatic rings. The van der Waals surface area contributed by atoms with Gasteiger partial charge in [-0.25, -0.2) is 0 Å². The van der Waals surface area contributed by atoms with Gasteiger partial charge >= 0.3 is 5.97 Å². The summed E-state index contributed by atoms with van der Waals surface area (Å²) in [6.07, 6.45) is 2.96. The van der Waals surface area contributed by atoms with Gasteiger partial charge < -0.3 is 15.0 Å². The molecule has 2 N–H and O–H groups in total. The van der Waals surface area contributed by atoms with Crippen LogP contribution in [0.4, 0.5) is 0 Å². The first kappa shape index (κ1) is 14.8. The van der Waals surface area contributed by atoms with Crippen molar-refractivity contribution in [1.29, 1.82) is 0 Å². The summed E-state index contributed by atoms with van der Waals surface area (Å²) in [4.78, 5) is 22.0. The first-order valence-electron chi connectivity index (χ1n) is 6.67. The summed E-state index contributed by atoms with van der Waals surface area (Å²) in [6.45, 7) is 2.61. The van der Waals surface area contributed by atoms with Crippen LogP contribution < -0.4 is 5.32 Å². The molecule has 7 nitrogen and oxygen atoms in total. The van der Waals surface area contributed by atoms with E-state index in [1.807, 2.05) is 4.57 Å².